The van der Waals surface area contributed by atoms with Gasteiger partial charge >= 0.3 is 0 Å². The van der Waals surface area contributed by atoms with Crippen LogP contribution in [0.5, 0.6) is 0 Å². The lowest BCUT2D eigenvalue weighted by atomic mass is 10.2. The molecule has 1 rings (SSSR count). The number of hydrogen-bond acceptors (Lipinski definition) is 2. The van der Waals surface area contributed by atoms with E-state index in [0.29, 0.717) is 0 Å². The molecule has 0 saturated carbocycles. The van der Waals surface area contributed by atoms with Gasteiger partial charge in [0.25, 0.3) is 0 Å². The lowest BCUT2D eigenvalue weighted by Crippen LogP contribution is -2.31. The van der Waals surface area contributed by atoms with Crippen molar-refractivity contribution < 1.29 is 0 Å². The van der Waals surface area contributed by atoms with E-state index in [1.54, 1.807) is 0 Å². The zero-order valence-corrected chi connectivity index (χ0v) is 7.86. The zero-order valence-electron chi connectivity index (χ0n) is 7.05. The van der Waals surface area contributed by atoms with Crippen molar-refractivity contribution in [2.45, 2.75) is 18.9 Å². The first-order valence-corrected chi connectivity index (χ1v) is 5.44. The van der Waals surface area contributed by atoms with E-state index >= 15 is 0 Å². The van der Waals surface area contributed by atoms with Crippen LogP contribution in [0.1, 0.15) is 12.8 Å². The van der Waals surface area contributed by atoms with Crippen LogP contribution in [0.25, 0.3) is 0 Å². The molecule has 1 atom stereocenters. The van der Waals surface area contributed by atoms with Crippen molar-refractivity contribution in [1.29, 1.82) is 0 Å². The smallest absolute Gasteiger partial charge is 0.0601 e. The molecule has 11 heavy (non-hydrogen) atoms. The summed E-state index contributed by atoms with van der Waals surface area (Å²) < 4.78 is 0. The number of nitrogens with zero attached hydrogens (tertiary/aromatic N) is 1. The summed E-state index contributed by atoms with van der Waals surface area (Å²) in [6, 6.07) is 0.751. The van der Waals surface area contributed by atoms with Gasteiger partial charge in [0.1, 0.15) is 0 Å². The number of thioether (sulfide) groups is 1. The van der Waals surface area contributed by atoms with E-state index in [0.717, 1.165) is 12.6 Å². The van der Waals surface area contributed by atoms with Crippen molar-refractivity contribution in [3.05, 3.63) is 0 Å². The van der Waals surface area contributed by atoms with Crippen molar-refractivity contribution in [3.8, 4) is 12.3 Å². The molecule has 1 saturated heterocycles. The minimum absolute atomic E-state index is 0.751. The Morgan fingerprint density at radius 2 is 2.55 bits per heavy atom. The maximum Gasteiger partial charge on any atom is 0.0601 e. The molecule has 62 valence electrons. The molecule has 0 spiro atoms. The predicted molar refractivity (Wildman–Crippen MR) is 51.8 cm³/mol. The fourth-order valence-corrected chi connectivity index (χ4v) is 2.36. The Hall–Kier alpha value is -0.130. The second-order valence-electron chi connectivity index (χ2n) is 2.93. The van der Waals surface area contributed by atoms with Crippen molar-refractivity contribution in [1.82, 2.24) is 4.90 Å². The van der Waals surface area contributed by atoms with Gasteiger partial charge in [0.2, 0.25) is 0 Å². The second kappa shape index (κ2) is 4.69. The van der Waals surface area contributed by atoms with Crippen molar-refractivity contribution in [3.63, 3.8) is 0 Å². The van der Waals surface area contributed by atoms with E-state index in [1.807, 2.05) is 11.8 Å². The van der Waals surface area contributed by atoms with E-state index in [1.165, 1.54) is 25.1 Å². The monoisotopic (exact) mass is 169 g/mol. The highest BCUT2D eigenvalue weighted by Gasteiger charge is 2.22. The number of terminal acetylenes is 1. The zero-order chi connectivity index (χ0) is 8.10. The van der Waals surface area contributed by atoms with Gasteiger partial charge in [0, 0.05) is 11.8 Å². The van der Waals surface area contributed by atoms with Gasteiger partial charge in [-0.2, -0.15) is 11.8 Å². The van der Waals surface area contributed by atoms with E-state index in [9.17, 15) is 0 Å². The molecular formula is C9H15NS. The topological polar surface area (TPSA) is 3.24 Å². The summed E-state index contributed by atoms with van der Waals surface area (Å²) in [5.74, 6) is 3.95. The summed E-state index contributed by atoms with van der Waals surface area (Å²) in [5, 5.41) is 0. The van der Waals surface area contributed by atoms with Gasteiger partial charge in [0.15, 0.2) is 0 Å². The van der Waals surface area contributed by atoms with Gasteiger partial charge < -0.3 is 0 Å². The van der Waals surface area contributed by atoms with Gasteiger partial charge in [-0.25, -0.2) is 0 Å². The summed E-state index contributed by atoms with van der Waals surface area (Å²) >= 11 is 1.92. The first kappa shape index (κ1) is 8.96. The van der Waals surface area contributed by atoms with Gasteiger partial charge in [-0.05, 0) is 25.6 Å². The highest BCUT2D eigenvalue weighted by Crippen LogP contribution is 2.19. The van der Waals surface area contributed by atoms with Crippen LogP contribution in [-0.2, 0) is 0 Å². The Morgan fingerprint density at radius 1 is 1.73 bits per heavy atom. The van der Waals surface area contributed by atoms with E-state index in [2.05, 4.69) is 17.1 Å². The largest absolute Gasteiger partial charge is 0.289 e. The Labute approximate surface area is 73.5 Å². The third-order valence-corrected chi connectivity index (χ3v) is 2.87. The Morgan fingerprint density at radius 3 is 3.18 bits per heavy atom. The molecule has 1 aliphatic heterocycles. The summed E-state index contributed by atoms with van der Waals surface area (Å²) in [6.07, 6.45) is 10.1. The van der Waals surface area contributed by atoms with Crippen LogP contribution >= 0.6 is 11.8 Å². The highest BCUT2D eigenvalue weighted by atomic mass is 32.2. The number of likely N-dealkylation sites (tertiary alicyclic amines) is 1. The third-order valence-electron chi connectivity index (χ3n) is 2.15. The predicted octanol–water partition coefficient (Wildman–Crippen LogP) is 1.45. The molecule has 1 unspecified atom stereocenters. The standard InChI is InChI=1S/C9H15NS/c1-3-6-10-7-4-5-9(10)8-11-2/h1,9H,4-8H2,2H3. The van der Waals surface area contributed by atoms with Crippen LogP contribution < -0.4 is 0 Å². The van der Waals surface area contributed by atoms with Crippen molar-refractivity contribution in [2.24, 2.45) is 0 Å². The quantitative estimate of drug-likeness (QED) is 0.588. The van der Waals surface area contributed by atoms with E-state index in [4.69, 9.17) is 6.42 Å². The van der Waals surface area contributed by atoms with Crippen LogP contribution in [0.2, 0.25) is 0 Å². The molecule has 0 amide bonds. The Bertz CT molecular complexity index is 150. The fraction of sp³-hybridized carbons (Fsp3) is 0.778. The SMILES string of the molecule is C#CCN1CCCC1CSC. The number of rotatable bonds is 3. The van der Waals surface area contributed by atoms with Crippen molar-refractivity contribution in [2.75, 3.05) is 25.1 Å². The molecule has 0 bridgehead atoms. The van der Waals surface area contributed by atoms with Crippen LogP contribution in [0.3, 0.4) is 0 Å². The normalized spacial score (nSPS) is 25.3. The van der Waals surface area contributed by atoms with Gasteiger partial charge in [-0.3, -0.25) is 4.90 Å². The molecule has 1 fully saturated rings. The molecule has 0 radical (unpaired) electrons. The summed E-state index contributed by atoms with van der Waals surface area (Å²) in [4.78, 5) is 2.41. The Balaban J connectivity index is 2.32. The third kappa shape index (κ3) is 2.43. The molecule has 0 aromatic rings. The molecule has 1 nitrogen and oxygen atoms in total. The maximum absolute atomic E-state index is 5.27. The molecule has 0 aliphatic carbocycles. The Kier molecular flexibility index (Phi) is 3.82. The summed E-state index contributed by atoms with van der Waals surface area (Å²) in [6.45, 7) is 2.04. The van der Waals surface area contributed by atoms with Gasteiger partial charge in [0.05, 0.1) is 6.54 Å². The van der Waals surface area contributed by atoms with E-state index in [-0.39, 0.29) is 0 Å². The first-order valence-electron chi connectivity index (χ1n) is 4.05. The average molecular weight is 169 g/mol. The van der Waals surface area contributed by atoms with Crippen LogP contribution in [0.15, 0.2) is 0 Å². The van der Waals surface area contributed by atoms with Crippen molar-refractivity contribution >= 4 is 11.8 Å². The fourth-order valence-electron chi connectivity index (χ4n) is 1.60. The lowest BCUT2D eigenvalue weighted by Gasteiger charge is -2.20. The minimum atomic E-state index is 0.751. The molecule has 0 aromatic heterocycles. The molecule has 0 N–H and O–H groups in total. The van der Waals surface area contributed by atoms with Gasteiger partial charge in [-0.1, -0.05) is 5.92 Å². The molecule has 2 heteroatoms. The van der Waals surface area contributed by atoms with Crippen LogP contribution in [0, 0.1) is 12.3 Å². The lowest BCUT2D eigenvalue weighted by molar-refractivity contribution is 0.307. The number of hydrogen-bond donors (Lipinski definition) is 0. The van der Waals surface area contributed by atoms with Gasteiger partial charge in [-0.15, -0.1) is 6.42 Å². The van der Waals surface area contributed by atoms with Crippen LogP contribution in [-0.4, -0.2) is 36.0 Å². The minimum Gasteiger partial charge on any atom is -0.289 e. The van der Waals surface area contributed by atoms with Crippen LogP contribution in [0.4, 0.5) is 0 Å². The highest BCUT2D eigenvalue weighted by molar-refractivity contribution is 7.98. The first-order chi connectivity index (χ1) is 5.38. The second-order valence-corrected chi connectivity index (χ2v) is 3.84. The molecule has 0 aromatic carbocycles. The summed E-state index contributed by atoms with van der Waals surface area (Å²) in [5.41, 5.74) is 0. The summed E-state index contributed by atoms with van der Waals surface area (Å²) in [7, 11) is 0. The molecular weight excluding hydrogens is 154 g/mol. The molecule has 1 heterocycles. The molecule has 1 aliphatic rings. The average Bonchev–Trinajstić information content (AvgIpc) is 2.39. The van der Waals surface area contributed by atoms with E-state index < -0.39 is 0 Å². The maximum atomic E-state index is 5.27.